The number of hydrogen-bond acceptors (Lipinski definition) is 5. The highest BCUT2D eigenvalue weighted by molar-refractivity contribution is 6.10. The van der Waals surface area contributed by atoms with E-state index in [0.717, 1.165) is 33.1 Å². The Labute approximate surface area is 200 Å². The van der Waals surface area contributed by atoms with Crippen molar-refractivity contribution >= 4 is 27.7 Å². The number of carbonyl (C=O) groups excluding carboxylic acids is 1. The molecule has 4 aromatic rings. The van der Waals surface area contributed by atoms with E-state index in [1.165, 1.54) is 25.3 Å². The SMILES string of the molecule is COc1ccc(Cc2nc3c(c4c2[nH]c2ccc(F)cc24)CCN(C(=O)COCCO)C3)cc1F. The molecule has 9 heteroatoms. The van der Waals surface area contributed by atoms with Gasteiger partial charge in [0.2, 0.25) is 5.91 Å². The molecule has 1 aliphatic heterocycles. The van der Waals surface area contributed by atoms with Crippen LogP contribution in [0.3, 0.4) is 0 Å². The van der Waals surface area contributed by atoms with E-state index in [9.17, 15) is 13.6 Å². The minimum Gasteiger partial charge on any atom is -0.494 e. The first-order valence-corrected chi connectivity index (χ1v) is 11.4. The zero-order valence-corrected chi connectivity index (χ0v) is 19.2. The number of nitrogens with zero attached hydrogens (tertiary/aromatic N) is 2. The molecule has 5 rings (SSSR count). The molecule has 0 atom stereocenters. The van der Waals surface area contributed by atoms with Gasteiger partial charge in [-0.2, -0.15) is 0 Å². The molecule has 1 amide bonds. The number of methoxy groups -OCH3 is 1. The number of aromatic nitrogens is 2. The van der Waals surface area contributed by atoms with Crippen molar-refractivity contribution in [1.82, 2.24) is 14.9 Å². The minimum atomic E-state index is -0.461. The van der Waals surface area contributed by atoms with Crippen LogP contribution < -0.4 is 4.74 Å². The fraction of sp³-hybridized carbons (Fsp3) is 0.308. The molecule has 7 nitrogen and oxygen atoms in total. The number of rotatable bonds is 7. The average molecular weight is 481 g/mol. The Morgan fingerprint density at radius 1 is 1.23 bits per heavy atom. The number of carbonyl (C=O) groups is 1. The highest BCUT2D eigenvalue weighted by Crippen LogP contribution is 2.35. The zero-order chi connectivity index (χ0) is 24.5. The number of fused-ring (bicyclic) bond motifs is 5. The van der Waals surface area contributed by atoms with E-state index in [4.69, 9.17) is 19.6 Å². The normalized spacial score (nSPS) is 13.4. The van der Waals surface area contributed by atoms with Gasteiger partial charge in [-0.05, 0) is 47.9 Å². The van der Waals surface area contributed by atoms with Gasteiger partial charge in [-0.3, -0.25) is 9.78 Å². The van der Waals surface area contributed by atoms with Crippen molar-refractivity contribution in [2.75, 3.05) is 33.5 Å². The van der Waals surface area contributed by atoms with Crippen molar-refractivity contribution in [2.24, 2.45) is 0 Å². The molecule has 0 aliphatic carbocycles. The largest absolute Gasteiger partial charge is 0.494 e. The molecule has 0 bridgehead atoms. The summed E-state index contributed by atoms with van der Waals surface area (Å²) in [6, 6.07) is 9.39. The second kappa shape index (κ2) is 9.59. The fourth-order valence-corrected chi connectivity index (χ4v) is 4.70. The van der Waals surface area contributed by atoms with Crippen LogP contribution in [0.1, 0.15) is 22.5 Å². The molecule has 0 saturated carbocycles. The standard InChI is InChI=1S/C26H25F2N3O4/c1-34-23-5-2-15(10-19(23)28)11-21-26-25(18-12-16(27)3-4-20(18)30-26)17-6-7-31(13-22(17)29-21)24(33)14-35-9-8-32/h2-5,10,12,30,32H,6-9,11,13-14H2,1H3. The summed E-state index contributed by atoms with van der Waals surface area (Å²) in [5, 5.41) is 10.5. The highest BCUT2D eigenvalue weighted by Gasteiger charge is 2.26. The van der Waals surface area contributed by atoms with E-state index in [-0.39, 0.29) is 37.3 Å². The van der Waals surface area contributed by atoms with Crippen LogP contribution in [0, 0.1) is 11.6 Å². The Kier molecular flexibility index (Phi) is 6.36. The molecule has 182 valence electrons. The van der Waals surface area contributed by atoms with Crippen molar-refractivity contribution in [1.29, 1.82) is 0 Å². The van der Waals surface area contributed by atoms with Crippen molar-refractivity contribution in [3.63, 3.8) is 0 Å². The van der Waals surface area contributed by atoms with E-state index in [1.807, 2.05) is 0 Å². The third-order valence-electron chi connectivity index (χ3n) is 6.34. The summed E-state index contributed by atoms with van der Waals surface area (Å²) in [6.45, 7) is 0.601. The molecular weight excluding hydrogens is 456 g/mol. The van der Waals surface area contributed by atoms with Crippen LogP contribution in [0.4, 0.5) is 8.78 Å². The van der Waals surface area contributed by atoms with Crippen LogP contribution in [-0.4, -0.2) is 59.4 Å². The summed E-state index contributed by atoms with van der Waals surface area (Å²) >= 11 is 0. The van der Waals surface area contributed by atoms with Crippen LogP contribution >= 0.6 is 0 Å². The number of aliphatic hydroxyl groups excluding tert-OH is 1. The second-order valence-electron chi connectivity index (χ2n) is 8.54. The molecule has 0 fully saturated rings. The highest BCUT2D eigenvalue weighted by atomic mass is 19.1. The van der Waals surface area contributed by atoms with Crippen molar-refractivity contribution in [2.45, 2.75) is 19.4 Å². The minimum absolute atomic E-state index is 0.0957. The zero-order valence-electron chi connectivity index (χ0n) is 19.2. The molecule has 0 unspecified atom stereocenters. The number of pyridine rings is 1. The van der Waals surface area contributed by atoms with Crippen molar-refractivity contribution in [3.05, 3.63) is 70.5 Å². The molecule has 2 aromatic carbocycles. The number of ether oxygens (including phenoxy) is 2. The number of amides is 1. The molecular formula is C26H25F2N3O4. The summed E-state index contributed by atoms with van der Waals surface area (Å²) in [6.07, 6.45) is 0.902. The number of halogens is 2. The maximum atomic E-state index is 14.4. The quantitative estimate of drug-likeness (QED) is 0.395. The molecule has 1 aliphatic rings. The van der Waals surface area contributed by atoms with Crippen LogP contribution in [0.2, 0.25) is 0 Å². The van der Waals surface area contributed by atoms with Gasteiger partial charge in [-0.15, -0.1) is 0 Å². The van der Waals surface area contributed by atoms with E-state index in [0.29, 0.717) is 37.2 Å². The monoisotopic (exact) mass is 481 g/mol. The van der Waals surface area contributed by atoms with Crippen LogP contribution in [0.25, 0.3) is 21.8 Å². The summed E-state index contributed by atoms with van der Waals surface area (Å²) in [5.41, 5.74) is 4.67. The Morgan fingerprint density at radius 3 is 2.86 bits per heavy atom. The molecule has 35 heavy (non-hydrogen) atoms. The van der Waals surface area contributed by atoms with Gasteiger partial charge in [-0.25, -0.2) is 8.78 Å². The predicted octanol–water partition coefficient (Wildman–Crippen LogP) is 3.49. The van der Waals surface area contributed by atoms with E-state index >= 15 is 0 Å². The Hall–Kier alpha value is -3.56. The van der Waals surface area contributed by atoms with Gasteiger partial charge in [0.15, 0.2) is 11.6 Å². The molecule has 0 spiro atoms. The average Bonchev–Trinajstić information content (AvgIpc) is 3.23. The van der Waals surface area contributed by atoms with Gasteiger partial charge in [0, 0.05) is 29.3 Å². The molecule has 2 aromatic heterocycles. The van der Waals surface area contributed by atoms with Crippen LogP contribution in [0.15, 0.2) is 36.4 Å². The predicted molar refractivity (Wildman–Crippen MR) is 126 cm³/mol. The first-order chi connectivity index (χ1) is 17.0. The number of benzene rings is 2. The maximum Gasteiger partial charge on any atom is 0.248 e. The Morgan fingerprint density at radius 2 is 2.09 bits per heavy atom. The number of hydrogen-bond donors (Lipinski definition) is 2. The van der Waals surface area contributed by atoms with Gasteiger partial charge in [0.25, 0.3) is 0 Å². The smallest absolute Gasteiger partial charge is 0.248 e. The van der Waals surface area contributed by atoms with E-state index in [1.54, 1.807) is 23.1 Å². The topological polar surface area (TPSA) is 87.7 Å². The van der Waals surface area contributed by atoms with Crippen molar-refractivity contribution in [3.8, 4) is 5.75 Å². The first kappa shape index (κ1) is 23.2. The Bertz CT molecular complexity index is 1420. The number of aliphatic hydroxyl groups is 1. The molecule has 2 N–H and O–H groups in total. The third kappa shape index (κ3) is 4.44. The molecule has 0 saturated heterocycles. The molecule has 3 heterocycles. The van der Waals surface area contributed by atoms with Crippen molar-refractivity contribution < 1.29 is 28.2 Å². The third-order valence-corrected chi connectivity index (χ3v) is 6.34. The lowest BCUT2D eigenvalue weighted by atomic mass is 9.96. The number of H-pyrrole nitrogens is 1. The maximum absolute atomic E-state index is 14.4. The summed E-state index contributed by atoms with van der Waals surface area (Å²) in [5.74, 6) is -0.820. The lowest BCUT2D eigenvalue weighted by Crippen LogP contribution is -2.39. The second-order valence-corrected chi connectivity index (χ2v) is 8.54. The summed E-state index contributed by atoms with van der Waals surface area (Å²) < 4.78 is 38.8. The lowest BCUT2D eigenvalue weighted by molar-refractivity contribution is -0.137. The number of aromatic amines is 1. The Balaban J connectivity index is 1.58. The van der Waals surface area contributed by atoms with Gasteiger partial charge in [-0.1, -0.05) is 6.07 Å². The van der Waals surface area contributed by atoms with Gasteiger partial charge < -0.3 is 24.5 Å². The van der Waals surface area contributed by atoms with Crippen LogP contribution in [-0.2, 0) is 28.9 Å². The number of nitrogens with one attached hydrogen (secondary N) is 1. The van der Waals surface area contributed by atoms with Gasteiger partial charge in [0.1, 0.15) is 12.4 Å². The first-order valence-electron chi connectivity index (χ1n) is 11.4. The van der Waals surface area contributed by atoms with Gasteiger partial charge in [0.05, 0.1) is 43.8 Å². The summed E-state index contributed by atoms with van der Waals surface area (Å²) in [7, 11) is 1.41. The van der Waals surface area contributed by atoms with E-state index in [2.05, 4.69) is 4.98 Å². The van der Waals surface area contributed by atoms with Gasteiger partial charge >= 0.3 is 0 Å². The fourth-order valence-electron chi connectivity index (χ4n) is 4.70. The van der Waals surface area contributed by atoms with Crippen LogP contribution in [0.5, 0.6) is 5.75 Å². The van der Waals surface area contributed by atoms with E-state index < -0.39 is 5.82 Å². The molecule has 0 radical (unpaired) electrons. The summed E-state index contributed by atoms with van der Waals surface area (Å²) in [4.78, 5) is 22.6. The lowest BCUT2D eigenvalue weighted by Gasteiger charge is -2.29.